The summed E-state index contributed by atoms with van der Waals surface area (Å²) in [6, 6.07) is 0. The van der Waals surface area contributed by atoms with Gasteiger partial charge in [-0.2, -0.15) is 0 Å². The van der Waals surface area contributed by atoms with E-state index in [0.29, 0.717) is 5.41 Å². The first-order valence-electron chi connectivity index (χ1n) is 6.78. The van der Waals surface area contributed by atoms with Crippen molar-refractivity contribution >= 4 is 0 Å². The van der Waals surface area contributed by atoms with Crippen LogP contribution in [0.15, 0.2) is 0 Å². The third-order valence-electron chi connectivity index (χ3n) is 3.87. The molecule has 1 nitrogen and oxygen atoms in total. The van der Waals surface area contributed by atoms with Crippen molar-refractivity contribution in [2.24, 2.45) is 11.3 Å². The van der Waals surface area contributed by atoms with Crippen molar-refractivity contribution in [1.82, 2.24) is 5.32 Å². The summed E-state index contributed by atoms with van der Waals surface area (Å²) >= 11 is 0. The normalized spacial score (nSPS) is 21.0. The maximum atomic E-state index is 3.27. The molecule has 1 fully saturated rings. The Morgan fingerprint density at radius 1 is 1.20 bits per heavy atom. The van der Waals surface area contributed by atoms with E-state index in [1.165, 1.54) is 45.2 Å². The van der Waals surface area contributed by atoms with Crippen molar-refractivity contribution in [1.29, 1.82) is 0 Å². The molecule has 1 saturated heterocycles. The molecule has 0 aromatic carbocycles. The molecule has 1 aliphatic heterocycles. The first kappa shape index (κ1) is 15.0. The van der Waals surface area contributed by atoms with Crippen LogP contribution in [0.25, 0.3) is 0 Å². The van der Waals surface area contributed by atoms with Crippen LogP contribution >= 0.6 is 0 Å². The Bertz CT molecular complexity index is 132. The van der Waals surface area contributed by atoms with Crippen molar-refractivity contribution in [3.05, 3.63) is 0 Å². The van der Waals surface area contributed by atoms with E-state index in [4.69, 9.17) is 0 Å². The zero-order chi connectivity index (χ0) is 11.7. The van der Waals surface area contributed by atoms with Gasteiger partial charge >= 0.3 is 0 Å². The van der Waals surface area contributed by atoms with E-state index in [0.717, 1.165) is 5.92 Å². The van der Waals surface area contributed by atoms with Crippen molar-refractivity contribution in [3.8, 4) is 0 Å². The van der Waals surface area contributed by atoms with Crippen LogP contribution in [-0.2, 0) is 0 Å². The highest BCUT2D eigenvalue weighted by molar-refractivity contribution is 4.69. The van der Waals surface area contributed by atoms with Gasteiger partial charge in [0.05, 0.1) is 0 Å². The topological polar surface area (TPSA) is 12.0 Å². The molecule has 0 aliphatic carbocycles. The minimum Gasteiger partial charge on any atom is -0.316 e. The molecule has 0 aromatic heterocycles. The quantitative estimate of drug-likeness (QED) is 0.737. The maximum absolute atomic E-state index is 3.27. The van der Waals surface area contributed by atoms with E-state index in [-0.39, 0.29) is 0 Å². The first-order chi connectivity index (χ1) is 7.08. The van der Waals surface area contributed by atoms with Crippen LogP contribution in [0.5, 0.6) is 0 Å². The molecule has 0 saturated carbocycles. The number of rotatable bonds is 4. The van der Waals surface area contributed by atoms with Gasteiger partial charge in [0.25, 0.3) is 0 Å². The lowest BCUT2D eigenvalue weighted by atomic mass is 9.81. The second-order valence-electron chi connectivity index (χ2n) is 5.37. The highest BCUT2D eigenvalue weighted by Crippen LogP contribution is 2.30. The Labute approximate surface area is 97.0 Å². The first-order valence-corrected chi connectivity index (χ1v) is 6.78. The standard InChI is InChI=1S/C9H20.C5H11N/c1-5-8-9(4,6-2)7-3;1-5-2-3-6-4-5/h5-8H2,1-4H3;5-6H,2-4H2,1H3. The summed E-state index contributed by atoms with van der Waals surface area (Å²) in [5, 5.41) is 3.27. The minimum absolute atomic E-state index is 0.634. The second-order valence-corrected chi connectivity index (χ2v) is 5.37. The number of hydrogen-bond acceptors (Lipinski definition) is 1. The van der Waals surface area contributed by atoms with Crippen LogP contribution in [0.4, 0.5) is 0 Å². The van der Waals surface area contributed by atoms with Crippen LogP contribution in [0.3, 0.4) is 0 Å². The number of nitrogens with one attached hydrogen (secondary N) is 1. The molecular formula is C14H31N. The molecule has 1 atom stereocenters. The Hall–Kier alpha value is -0.0400. The van der Waals surface area contributed by atoms with Gasteiger partial charge in [0, 0.05) is 0 Å². The third-order valence-corrected chi connectivity index (χ3v) is 3.87. The van der Waals surface area contributed by atoms with Gasteiger partial charge in [-0.15, -0.1) is 0 Å². The Kier molecular flexibility index (Phi) is 8.13. The fraction of sp³-hybridized carbons (Fsp3) is 1.00. The molecule has 1 unspecified atom stereocenters. The van der Waals surface area contributed by atoms with E-state index in [1.54, 1.807) is 0 Å². The summed E-state index contributed by atoms with van der Waals surface area (Å²) in [5.74, 6) is 0.935. The lowest BCUT2D eigenvalue weighted by Gasteiger charge is -2.25. The van der Waals surface area contributed by atoms with Gasteiger partial charge in [0.15, 0.2) is 0 Å². The second kappa shape index (κ2) is 8.15. The van der Waals surface area contributed by atoms with E-state index in [9.17, 15) is 0 Å². The van der Waals surface area contributed by atoms with Crippen LogP contribution in [0.1, 0.15) is 66.7 Å². The third kappa shape index (κ3) is 6.94. The smallest absolute Gasteiger partial charge is 0.00227 e. The zero-order valence-electron chi connectivity index (χ0n) is 11.5. The Balaban J connectivity index is 0.000000280. The molecule has 1 N–H and O–H groups in total. The number of hydrogen-bond donors (Lipinski definition) is 1. The highest BCUT2D eigenvalue weighted by Gasteiger charge is 2.17. The summed E-state index contributed by atoms with van der Waals surface area (Å²) in [6.07, 6.45) is 6.76. The predicted molar refractivity (Wildman–Crippen MR) is 70.2 cm³/mol. The van der Waals surface area contributed by atoms with Crippen LogP contribution < -0.4 is 5.32 Å². The molecular weight excluding hydrogens is 182 g/mol. The average Bonchev–Trinajstić information content (AvgIpc) is 2.70. The van der Waals surface area contributed by atoms with Crippen LogP contribution in [0, 0.1) is 11.3 Å². The van der Waals surface area contributed by atoms with Crippen molar-refractivity contribution in [2.75, 3.05) is 13.1 Å². The zero-order valence-corrected chi connectivity index (χ0v) is 11.5. The van der Waals surface area contributed by atoms with Gasteiger partial charge < -0.3 is 5.32 Å². The summed E-state index contributed by atoms with van der Waals surface area (Å²) in [4.78, 5) is 0. The predicted octanol–water partition coefficient (Wildman–Crippen LogP) is 4.23. The van der Waals surface area contributed by atoms with Crippen LogP contribution in [0.2, 0.25) is 0 Å². The molecule has 0 aromatic rings. The summed E-state index contributed by atoms with van der Waals surface area (Å²) < 4.78 is 0. The summed E-state index contributed by atoms with van der Waals surface area (Å²) in [7, 11) is 0. The summed E-state index contributed by atoms with van der Waals surface area (Å²) in [6.45, 7) is 14.0. The van der Waals surface area contributed by atoms with Crippen LogP contribution in [-0.4, -0.2) is 13.1 Å². The molecule has 15 heavy (non-hydrogen) atoms. The van der Waals surface area contributed by atoms with Crippen molar-refractivity contribution < 1.29 is 0 Å². The monoisotopic (exact) mass is 213 g/mol. The largest absolute Gasteiger partial charge is 0.316 e. The molecule has 1 heteroatoms. The maximum Gasteiger partial charge on any atom is -0.00227 e. The van der Waals surface area contributed by atoms with Gasteiger partial charge in [0.1, 0.15) is 0 Å². The molecule has 0 bridgehead atoms. The van der Waals surface area contributed by atoms with E-state index < -0.39 is 0 Å². The summed E-state index contributed by atoms with van der Waals surface area (Å²) in [5.41, 5.74) is 0.634. The molecule has 0 radical (unpaired) electrons. The molecule has 0 amide bonds. The Morgan fingerprint density at radius 3 is 1.93 bits per heavy atom. The molecule has 92 valence electrons. The van der Waals surface area contributed by atoms with Crippen molar-refractivity contribution in [2.45, 2.75) is 66.7 Å². The molecule has 1 heterocycles. The van der Waals surface area contributed by atoms with Gasteiger partial charge in [-0.3, -0.25) is 0 Å². The minimum atomic E-state index is 0.634. The van der Waals surface area contributed by atoms with Gasteiger partial charge in [-0.1, -0.05) is 53.9 Å². The van der Waals surface area contributed by atoms with Gasteiger partial charge in [-0.05, 0) is 37.3 Å². The van der Waals surface area contributed by atoms with Crippen molar-refractivity contribution in [3.63, 3.8) is 0 Å². The van der Waals surface area contributed by atoms with E-state index in [2.05, 4.69) is 39.9 Å². The SMILES string of the molecule is CC1CCNC1.CCCC(C)(CC)CC. The van der Waals surface area contributed by atoms with Gasteiger partial charge in [-0.25, -0.2) is 0 Å². The molecule has 0 spiro atoms. The fourth-order valence-corrected chi connectivity index (χ4v) is 2.01. The fourth-order valence-electron chi connectivity index (χ4n) is 2.01. The van der Waals surface area contributed by atoms with Gasteiger partial charge in [0.2, 0.25) is 0 Å². The average molecular weight is 213 g/mol. The highest BCUT2D eigenvalue weighted by atomic mass is 14.9. The molecule has 1 aliphatic rings. The van der Waals surface area contributed by atoms with E-state index >= 15 is 0 Å². The lowest BCUT2D eigenvalue weighted by Crippen LogP contribution is -2.12. The lowest BCUT2D eigenvalue weighted by molar-refractivity contribution is 0.270. The molecule has 1 rings (SSSR count). The Morgan fingerprint density at radius 2 is 1.80 bits per heavy atom. The van der Waals surface area contributed by atoms with E-state index in [1.807, 2.05) is 0 Å².